The van der Waals surface area contributed by atoms with Gasteiger partial charge in [0, 0.05) is 47.0 Å². The first kappa shape index (κ1) is 56.8. The molecule has 4 aliphatic rings. The van der Waals surface area contributed by atoms with Gasteiger partial charge >= 0.3 is 11.9 Å². The molecule has 10 atom stereocenters. The first-order chi connectivity index (χ1) is 33.5. The summed E-state index contributed by atoms with van der Waals surface area (Å²) in [6, 6.07) is 13.9. The maximum Gasteiger partial charge on any atom is 0.331 e. The lowest BCUT2D eigenvalue weighted by Crippen LogP contribution is -2.65. The summed E-state index contributed by atoms with van der Waals surface area (Å²) in [5.74, 6) is -0.797. The third-order valence-electron chi connectivity index (χ3n) is 16.0. The van der Waals surface area contributed by atoms with Gasteiger partial charge in [0.05, 0.1) is 12.2 Å². The van der Waals surface area contributed by atoms with Crippen molar-refractivity contribution in [3.8, 4) is 0 Å². The standard InChI is InChI=1S/C31H48O6.C22H30Cl2N10/c1-17(2)9-8-10-20(28(35)36)26-22-15-24(34)27-29(5)13-12-23(33)18(3)21(29)11-14-30(27,6)31(22,7)16-25(26)37-19(4)32;23-15-5-9-17(10-6-15)31-21(27)33-19(25)29-13-3-1-2-4-14-30-20(26)34-22(28)32-18-11-7-16(24)8-12-18/h9,18,21-25,27,33-34H,8,10-16H2,1-7H3,(H,35,36);5-12H,1-4,13-14H2,(H5,25,27,29,31,33)(H5,26,28,30,32,34)/t18-,21?,22+,23+,24+,25-,27?,29-,30-,31-;/m0./s1. The van der Waals surface area contributed by atoms with Gasteiger partial charge in [-0.2, -0.15) is 0 Å². The van der Waals surface area contributed by atoms with E-state index in [9.17, 15) is 24.9 Å². The van der Waals surface area contributed by atoms with Crippen molar-refractivity contribution in [2.45, 2.75) is 144 Å². The van der Waals surface area contributed by atoms with E-state index >= 15 is 0 Å². The Bertz CT molecular complexity index is 2210. The van der Waals surface area contributed by atoms with Crippen LogP contribution in [0.15, 0.2) is 71.3 Å². The van der Waals surface area contributed by atoms with E-state index in [0.29, 0.717) is 71.7 Å². The number of hydrogen-bond acceptors (Lipinski definition) is 9. The summed E-state index contributed by atoms with van der Waals surface area (Å²) in [5, 5.41) is 82.4. The van der Waals surface area contributed by atoms with Gasteiger partial charge < -0.3 is 41.3 Å². The van der Waals surface area contributed by atoms with Gasteiger partial charge in [0.2, 0.25) is 0 Å². The van der Waals surface area contributed by atoms with Crippen molar-refractivity contribution < 1.29 is 29.6 Å². The minimum absolute atomic E-state index is 0.00148. The van der Waals surface area contributed by atoms with Gasteiger partial charge in [0.1, 0.15) is 6.10 Å². The van der Waals surface area contributed by atoms with E-state index < -0.39 is 24.1 Å². The van der Waals surface area contributed by atoms with Crippen molar-refractivity contribution in [1.29, 1.82) is 21.6 Å². The Morgan fingerprint density at radius 2 is 1.27 bits per heavy atom. The van der Waals surface area contributed by atoms with Crippen molar-refractivity contribution in [3.63, 3.8) is 0 Å². The summed E-state index contributed by atoms with van der Waals surface area (Å²) < 4.78 is 5.87. The number of rotatable bonds is 14. The monoisotopic (exact) mass is 1020 g/mol. The highest BCUT2D eigenvalue weighted by Gasteiger charge is 2.70. The normalized spacial score (nSPS) is 28.9. The molecule has 4 aliphatic carbocycles. The Morgan fingerprint density at radius 3 is 1.75 bits per heavy atom. The molecule has 4 saturated carbocycles. The number of nitrogens with one attached hydrogen (secondary N) is 10. The van der Waals surface area contributed by atoms with Gasteiger partial charge in [0.15, 0.2) is 23.8 Å². The van der Waals surface area contributed by atoms with Gasteiger partial charge in [0.25, 0.3) is 0 Å². The molecule has 16 nitrogen and oxygen atoms in total. The van der Waals surface area contributed by atoms with Crippen LogP contribution in [0.4, 0.5) is 11.4 Å². The summed E-state index contributed by atoms with van der Waals surface area (Å²) in [5.41, 5.74) is 2.99. The molecule has 0 amide bonds. The van der Waals surface area contributed by atoms with Crippen LogP contribution in [0.5, 0.6) is 0 Å². The third-order valence-corrected chi connectivity index (χ3v) is 16.5. The number of carbonyl (C=O) groups is 2. The summed E-state index contributed by atoms with van der Waals surface area (Å²) in [6.07, 6.45) is 9.93. The summed E-state index contributed by atoms with van der Waals surface area (Å²) >= 11 is 11.7. The Kier molecular flexibility index (Phi) is 20.0. The Balaban J connectivity index is 0.000000265. The van der Waals surface area contributed by atoms with E-state index in [2.05, 4.69) is 59.6 Å². The summed E-state index contributed by atoms with van der Waals surface area (Å²) in [4.78, 5) is 24.8. The number of esters is 1. The molecule has 4 fully saturated rings. The number of aliphatic hydroxyl groups is 2. The number of fused-ring (bicyclic) bond motifs is 5. The van der Waals surface area contributed by atoms with Crippen LogP contribution in [-0.2, 0) is 14.3 Å². The quantitative estimate of drug-likeness (QED) is 0.0210. The van der Waals surface area contributed by atoms with Crippen LogP contribution in [0.1, 0.15) is 126 Å². The lowest BCUT2D eigenvalue weighted by Gasteiger charge is -2.69. The predicted octanol–water partition coefficient (Wildman–Crippen LogP) is 9.84. The number of aliphatic hydroxyl groups excluding tert-OH is 2. The second-order valence-electron chi connectivity index (χ2n) is 20.9. The van der Waals surface area contributed by atoms with Crippen molar-refractivity contribution in [2.24, 2.45) is 39.9 Å². The fourth-order valence-corrected chi connectivity index (χ4v) is 12.8. The number of guanidine groups is 4. The van der Waals surface area contributed by atoms with Gasteiger partial charge in [-0.1, -0.05) is 75.4 Å². The van der Waals surface area contributed by atoms with Crippen LogP contribution >= 0.6 is 23.2 Å². The number of hydrogen-bond donors (Lipinski definition) is 13. The molecule has 0 bridgehead atoms. The van der Waals surface area contributed by atoms with Gasteiger partial charge in [-0.25, -0.2) is 4.79 Å². The van der Waals surface area contributed by atoms with E-state index in [-0.39, 0.29) is 63.9 Å². The Hall–Kier alpha value is -5.16. The number of unbranched alkanes of at least 4 members (excludes halogenated alkanes) is 3. The van der Waals surface area contributed by atoms with E-state index in [1.165, 1.54) is 6.92 Å². The molecule has 0 saturated heterocycles. The molecule has 2 aromatic rings. The SMILES string of the molecule is CC(=O)O[C@H]1C[C@@]2(C)[C@H](C[C@@H](O)C3[C@@]4(C)CC[C@@H](O)[C@@H](C)C4CC[C@@]32C)C1=C(CCC=C(C)C)C(=O)O.N=C(NCCCCCCNC(=N)NC(=N)Nc1ccc(Cl)cc1)NC(=N)Nc1ccc(Cl)cc1. The molecular formula is C53H78Cl2N10O6. The van der Waals surface area contributed by atoms with Crippen LogP contribution in [0.25, 0.3) is 0 Å². The van der Waals surface area contributed by atoms with E-state index in [1.54, 1.807) is 48.5 Å². The molecule has 0 spiro atoms. The number of aliphatic carboxylic acids is 1. The zero-order valence-electron chi connectivity index (χ0n) is 42.5. The molecule has 2 aromatic carbocycles. The minimum Gasteiger partial charge on any atom is -0.478 e. The molecule has 18 heteroatoms. The van der Waals surface area contributed by atoms with Gasteiger partial charge in [-0.15, -0.1) is 0 Å². The third kappa shape index (κ3) is 14.3. The van der Waals surface area contributed by atoms with Gasteiger partial charge in [-0.3, -0.25) is 37.1 Å². The minimum atomic E-state index is -0.953. The van der Waals surface area contributed by atoms with Crippen molar-refractivity contribution in [3.05, 3.63) is 81.4 Å². The molecule has 0 aromatic heterocycles. The molecule has 0 aliphatic heterocycles. The summed E-state index contributed by atoms with van der Waals surface area (Å²) in [6.45, 7) is 15.7. The highest BCUT2D eigenvalue weighted by molar-refractivity contribution is 6.31. The predicted molar refractivity (Wildman–Crippen MR) is 284 cm³/mol. The number of halogens is 2. The second-order valence-corrected chi connectivity index (χ2v) is 21.8. The van der Waals surface area contributed by atoms with E-state index in [1.807, 2.05) is 19.9 Å². The molecule has 0 heterocycles. The van der Waals surface area contributed by atoms with Crippen LogP contribution in [0, 0.1) is 61.6 Å². The van der Waals surface area contributed by atoms with Crippen LogP contribution in [-0.4, -0.2) is 82.5 Å². The van der Waals surface area contributed by atoms with Crippen molar-refractivity contribution >= 4 is 70.4 Å². The maximum absolute atomic E-state index is 12.6. The molecule has 13 N–H and O–H groups in total. The molecule has 71 heavy (non-hydrogen) atoms. The van der Waals surface area contributed by atoms with Crippen LogP contribution in [0.3, 0.4) is 0 Å². The number of anilines is 2. The maximum atomic E-state index is 12.6. The molecule has 0 radical (unpaired) electrons. The lowest BCUT2D eigenvalue weighted by molar-refractivity contribution is -0.234. The fourth-order valence-electron chi connectivity index (χ4n) is 12.6. The average molecular weight is 1020 g/mol. The molecule has 6 rings (SSSR count). The smallest absolute Gasteiger partial charge is 0.331 e. The lowest BCUT2D eigenvalue weighted by atomic mass is 9.36. The molecule has 390 valence electrons. The van der Waals surface area contributed by atoms with Crippen molar-refractivity contribution in [2.75, 3.05) is 23.7 Å². The molecular weight excluding hydrogens is 944 g/mol. The van der Waals surface area contributed by atoms with Crippen molar-refractivity contribution in [1.82, 2.24) is 21.3 Å². The fraction of sp³-hybridized carbons (Fsp3) is 0.585. The number of allylic oxidation sites excluding steroid dienone is 2. The number of ether oxygens (including phenoxy) is 1. The largest absolute Gasteiger partial charge is 0.478 e. The highest BCUT2D eigenvalue weighted by Crippen LogP contribution is 2.74. The van der Waals surface area contributed by atoms with Crippen LogP contribution in [0.2, 0.25) is 10.0 Å². The zero-order valence-corrected chi connectivity index (χ0v) is 44.0. The highest BCUT2D eigenvalue weighted by atomic mass is 35.5. The number of benzene rings is 2. The summed E-state index contributed by atoms with van der Waals surface area (Å²) in [7, 11) is 0. The Morgan fingerprint density at radius 1 is 0.746 bits per heavy atom. The number of carbonyl (C=O) groups excluding carboxylic acids is 1. The molecule has 2 unspecified atom stereocenters. The average Bonchev–Trinajstić information content (AvgIpc) is 3.56. The first-order valence-corrected chi connectivity index (χ1v) is 25.8. The number of carboxylic acid groups (broad SMARTS) is 1. The topological polar surface area (TPSA) is 272 Å². The van der Waals surface area contributed by atoms with E-state index in [4.69, 9.17) is 49.6 Å². The van der Waals surface area contributed by atoms with Gasteiger partial charge in [-0.05, 0) is 172 Å². The second kappa shape index (κ2) is 25.0. The van der Waals surface area contributed by atoms with E-state index in [0.717, 1.165) is 62.5 Å². The zero-order chi connectivity index (χ0) is 52.3. The number of carboxylic acids is 1. The Labute approximate surface area is 430 Å². The van der Waals surface area contributed by atoms with Crippen LogP contribution < -0.4 is 31.9 Å². The first-order valence-electron chi connectivity index (χ1n) is 25.0.